The van der Waals surface area contributed by atoms with Crippen LogP contribution in [0.4, 0.5) is 22.0 Å². The molecule has 0 saturated carbocycles. The molecule has 3 N–H and O–H groups in total. The number of halogens is 1. The Morgan fingerprint density at radius 3 is 2.64 bits per heavy atom. The maximum Gasteiger partial charge on any atom is 0.323 e. The van der Waals surface area contributed by atoms with Crippen molar-refractivity contribution in [3.63, 3.8) is 0 Å². The average Bonchev–Trinajstić information content (AvgIpc) is 3.17. The number of methoxy groups -OCH3 is 1. The van der Waals surface area contributed by atoms with E-state index >= 15 is 0 Å². The summed E-state index contributed by atoms with van der Waals surface area (Å²) >= 11 is 6.04. The normalized spacial score (nSPS) is 10.6. The number of fused-ring (bicyclic) bond motifs is 1. The van der Waals surface area contributed by atoms with Crippen molar-refractivity contribution in [2.75, 3.05) is 23.1 Å². The fourth-order valence-electron chi connectivity index (χ4n) is 3.54. The molecule has 0 radical (unpaired) electrons. The predicted octanol–water partition coefficient (Wildman–Crippen LogP) is 5.35. The van der Waals surface area contributed by atoms with E-state index in [4.69, 9.17) is 16.3 Å². The van der Waals surface area contributed by atoms with E-state index in [9.17, 15) is 9.59 Å². The van der Waals surface area contributed by atoms with Gasteiger partial charge >= 0.3 is 6.03 Å². The van der Waals surface area contributed by atoms with Crippen molar-refractivity contribution in [3.05, 3.63) is 77.6 Å². The molecule has 0 spiro atoms. The lowest BCUT2D eigenvalue weighted by molar-refractivity contribution is -0.114. The topological polar surface area (TPSA) is 97.3 Å². The van der Waals surface area contributed by atoms with Crippen molar-refractivity contribution in [2.24, 2.45) is 0 Å². The van der Waals surface area contributed by atoms with Crippen LogP contribution < -0.4 is 20.7 Å². The highest BCUT2D eigenvalue weighted by Gasteiger charge is 2.12. The molecule has 33 heavy (non-hydrogen) atoms. The number of urea groups is 1. The van der Waals surface area contributed by atoms with Gasteiger partial charge in [-0.3, -0.25) is 4.79 Å². The first-order valence-electron chi connectivity index (χ1n) is 10.1. The van der Waals surface area contributed by atoms with Crippen LogP contribution in [0.25, 0.3) is 10.9 Å². The molecule has 0 unspecified atom stereocenters. The third kappa shape index (κ3) is 5.24. The van der Waals surface area contributed by atoms with Crippen molar-refractivity contribution in [3.8, 4) is 5.75 Å². The maximum atomic E-state index is 12.7. The summed E-state index contributed by atoms with van der Waals surface area (Å²) in [5.74, 6) is 0.845. The Kier molecular flexibility index (Phi) is 6.46. The summed E-state index contributed by atoms with van der Waals surface area (Å²) < 4.78 is 7.34. The van der Waals surface area contributed by atoms with Crippen LogP contribution in [0, 0.1) is 0 Å². The Morgan fingerprint density at radius 1 is 1.03 bits per heavy atom. The quantitative estimate of drug-likeness (QED) is 0.359. The number of hydrogen-bond donors (Lipinski definition) is 3. The molecule has 0 bridgehead atoms. The van der Waals surface area contributed by atoms with E-state index in [-0.39, 0.29) is 5.91 Å². The van der Waals surface area contributed by atoms with Gasteiger partial charge in [0, 0.05) is 36.3 Å². The number of benzene rings is 2. The Labute approximate surface area is 195 Å². The second kappa shape index (κ2) is 9.62. The van der Waals surface area contributed by atoms with Crippen LogP contribution in [0.1, 0.15) is 12.5 Å². The van der Waals surface area contributed by atoms with Crippen LogP contribution in [0.15, 0.2) is 67.0 Å². The zero-order valence-electron chi connectivity index (χ0n) is 18.1. The number of nitrogens with zero attached hydrogens (tertiary/aromatic N) is 2. The lowest BCUT2D eigenvalue weighted by Gasteiger charge is -2.12. The molecule has 0 aliphatic heterocycles. The Hall–Kier alpha value is -4.04. The summed E-state index contributed by atoms with van der Waals surface area (Å²) in [6.07, 6.45) is 3.61. The van der Waals surface area contributed by atoms with Crippen molar-refractivity contribution < 1.29 is 14.3 Å². The van der Waals surface area contributed by atoms with Gasteiger partial charge in [-0.25, -0.2) is 9.78 Å². The van der Waals surface area contributed by atoms with Crippen molar-refractivity contribution in [1.82, 2.24) is 9.55 Å². The summed E-state index contributed by atoms with van der Waals surface area (Å²) in [5.41, 5.74) is 3.07. The van der Waals surface area contributed by atoms with E-state index in [0.717, 1.165) is 16.5 Å². The number of rotatable bonds is 6. The first-order chi connectivity index (χ1) is 15.9. The molecule has 9 heteroatoms. The molecule has 2 heterocycles. The lowest BCUT2D eigenvalue weighted by Crippen LogP contribution is -2.20. The van der Waals surface area contributed by atoms with E-state index < -0.39 is 6.03 Å². The van der Waals surface area contributed by atoms with Gasteiger partial charge in [-0.2, -0.15) is 0 Å². The van der Waals surface area contributed by atoms with Gasteiger partial charge in [0.1, 0.15) is 11.6 Å². The van der Waals surface area contributed by atoms with E-state index in [1.807, 2.05) is 42.6 Å². The number of carbonyl (C=O) groups excluding carboxylic acids is 2. The number of amides is 3. The highest BCUT2D eigenvalue weighted by molar-refractivity contribution is 6.31. The third-order valence-corrected chi connectivity index (χ3v) is 5.19. The van der Waals surface area contributed by atoms with Gasteiger partial charge in [0.05, 0.1) is 24.0 Å². The Morgan fingerprint density at radius 2 is 1.85 bits per heavy atom. The zero-order chi connectivity index (χ0) is 23.4. The molecule has 168 valence electrons. The number of nitrogens with one attached hydrogen (secondary N) is 3. The highest BCUT2D eigenvalue weighted by atomic mass is 35.5. The molecule has 0 aliphatic carbocycles. The van der Waals surface area contributed by atoms with Crippen LogP contribution in [0.2, 0.25) is 5.02 Å². The second-order valence-corrected chi connectivity index (χ2v) is 7.77. The van der Waals surface area contributed by atoms with Gasteiger partial charge in [-0.15, -0.1) is 0 Å². The molecular weight excluding hydrogens is 442 g/mol. The monoisotopic (exact) mass is 463 g/mol. The highest BCUT2D eigenvalue weighted by Crippen LogP contribution is 2.29. The van der Waals surface area contributed by atoms with E-state index in [1.165, 1.54) is 14.0 Å². The molecule has 0 aliphatic rings. The molecule has 0 atom stereocenters. The third-order valence-electron chi connectivity index (χ3n) is 4.95. The van der Waals surface area contributed by atoms with E-state index in [0.29, 0.717) is 34.5 Å². The molecule has 8 nitrogen and oxygen atoms in total. The van der Waals surface area contributed by atoms with Crippen LogP contribution in [-0.2, 0) is 11.3 Å². The van der Waals surface area contributed by atoms with Crippen LogP contribution >= 0.6 is 11.6 Å². The number of ether oxygens (including phenoxy) is 1. The Bertz CT molecular complexity index is 1330. The van der Waals surface area contributed by atoms with Gasteiger partial charge in [0.25, 0.3) is 0 Å². The molecule has 0 fully saturated rings. The maximum absolute atomic E-state index is 12.7. The molecule has 4 rings (SSSR count). The summed E-state index contributed by atoms with van der Waals surface area (Å²) in [4.78, 5) is 28.1. The number of anilines is 3. The van der Waals surface area contributed by atoms with Gasteiger partial charge < -0.3 is 25.3 Å². The largest absolute Gasteiger partial charge is 0.495 e. The lowest BCUT2D eigenvalue weighted by atomic mass is 10.2. The zero-order valence-corrected chi connectivity index (χ0v) is 18.8. The van der Waals surface area contributed by atoms with Gasteiger partial charge in [0.2, 0.25) is 5.91 Å². The van der Waals surface area contributed by atoms with E-state index in [1.54, 1.807) is 24.4 Å². The fourth-order valence-corrected chi connectivity index (χ4v) is 3.71. The van der Waals surface area contributed by atoms with Gasteiger partial charge in [-0.1, -0.05) is 17.7 Å². The summed E-state index contributed by atoms with van der Waals surface area (Å²) in [6, 6.07) is 16.0. The molecular formula is C24H22ClN5O3. The number of carbonyl (C=O) groups is 2. The molecule has 3 amide bonds. The summed E-state index contributed by atoms with van der Waals surface area (Å²) in [6.45, 7) is 2.02. The minimum atomic E-state index is -0.412. The SMILES string of the molecule is COc1ccc(Cl)cc1NC(=O)Nc1cccc2c1ccn2Cc1ccnc(NC(C)=O)c1. The molecule has 4 aromatic rings. The van der Waals surface area contributed by atoms with Crippen LogP contribution in [-0.4, -0.2) is 28.6 Å². The minimum Gasteiger partial charge on any atom is -0.495 e. The molecule has 2 aromatic heterocycles. The number of pyridine rings is 1. The Balaban J connectivity index is 1.54. The smallest absolute Gasteiger partial charge is 0.323 e. The minimum absolute atomic E-state index is 0.171. The van der Waals surface area contributed by atoms with Crippen molar-refractivity contribution in [1.29, 1.82) is 0 Å². The summed E-state index contributed by atoms with van der Waals surface area (Å²) in [5, 5.41) is 9.74. The first-order valence-corrected chi connectivity index (χ1v) is 10.5. The average molecular weight is 464 g/mol. The standard InChI is InChI=1S/C24H22ClN5O3/c1-15(31)27-23-12-16(8-10-26-23)14-30-11-9-18-19(4-3-5-21(18)30)28-24(32)29-20-13-17(25)6-7-22(20)33-2/h3-13H,14H2,1-2H3,(H,26,27,31)(H2,28,29,32). The summed E-state index contributed by atoms with van der Waals surface area (Å²) in [7, 11) is 1.53. The fraction of sp³-hybridized carbons (Fsp3) is 0.125. The van der Waals surface area contributed by atoms with E-state index in [2.05, 4.69) is 25.5 Å². The number of hydrogen-bond acceptors (Lipinski definition) is 4. The second-order valence-electron chi connectivity index (χ2n) is 7.34. The van der Waals surface area contributed by atoms with Gasteiger partial charge in [0.15, 0.2) is 0 Å². The first kappa shape index (κ1) is 22.2. The predicted molar refractivity (Wildman–Crippen MR) is 130 cm³/mol. The van der Waals surface area contributed by atoms with Crippen LogP contribution in [0.3, 0.4) is 0 Å². The molecule has 0 saturated heterocycles. The van der Waals surface area contributed by atoms with Crippen LogP contribution in [0.5, 0.6) is 5.75 Å². The van der Waals surface area contributed by atoms with Gasteiger partial charge in [-0.05, 0) is 54.1 Å². The van der Waals surface area contributed by atoms with Crippen molar-refractivity contribution >= 4 is 51.6 Å². The number of aromatic nitrogens is 2. The molecule has 2 aromatic carbocycles. The van der Waals surface area contributed by atoms with Crippen molar-refractivity contribution in [2.45, 2.75) is 13.5 Å².